The molecule has 3 rings (SSSR count). The molecule has 33 heavy (non-hydrogen) atoms. The number of nitrogens with zero attached hydrogens (tertiary/aromatic N) is 1. The minimum absolute atomic E-state index is 0.0596. The number of rotatable bonds is 6. The summed E-state index contributed by atoms with van der Waals surface area (Å²) in [4.78, 5) is 26.6. The number of ether oxygens (including phenoxy) is 2. The molecule has 2 aromatic rings. The van der Waals surface area contributed by atoms with Gasteiger partial charge in [-0.3, -0.25) is 4.90 Å². The third kappa shape index (κ3) is 5.54. The molecule has 0 aliphatic carbocycles. The molecule has 2 amide bonds. The van der Waals surface area contributed by atoms with E-state index in [9.17, 15) is 22.8 Å². The van der Waals surface area contributed by atoms with Crippen LogP contribution < -0.4 is 10.1 Å². The van der Waals surface area contributed by atoms with Gasteiger partial charge in [-0.2, -0.15) is 13.2 Å². The first kappa shape index (κ1) is 24.7. The van der Waals surface area contributed by atoms with Gasteiger partial charge in [0.15, 0.2) is 0 Å². The molecule has 176 valence electrons. The van der Waals surface area contributed by atoms with Gasteiger partial charge in [0.2, 0.25) is 0 Å². The Morgan fingerprint density at radius 2 is 1.88 bits per heavy atom. The van der Waals surface area contributed by atoms with Crippen LogP contribution in [0.3, 0.4) is 0 Å². The highest BCUT2D eigenvalue weighted by atomic mass is 35.5. The van der Waals surface area contributed by atoms with Crippen LogP contribution in [0.15, 0.2) is 53.7 Å². The van der Waals surface area contributed by atoms with Crippen LogP contribution in [-0.4, -0.2) is 37.2 Å². The van der Waals surface area contributed by atoms with Gasteiger partial charge in [0.1, 0.15) is 12.4 Å². The summed E-state index contributed by atoms with van der Waals surface area (Å²) in [5, 5.41) is 3.20. The van der Waals surface area contributed by atoms with Crippen molar-refractivity contribution in [2.24, 2.45) is 0 Å². The van der Waals surface area contributed by atoms with Gasteiger partial charge in [-0.1, -0.05) is 35.3 Å². The number of alkyl halides is 3. The second-order valence-corrected chi connectivity index (χ2v) is 7.82. The molecule has 0 bridgehead atoms. The Hall–Kier alpha value is -2.91. The highest BCUT2D eigenvalue weighted by Gasteiger charge is 2.37. The summed E-state index contributed by atoms with van der Waals surface area (Å²) >= 11 is 12.1. The van der Waals surface area contributed by atoms with Crippen molar-refractivity contribution in [2.45, 2.75) is 19.1 Å². The minimum Gasteiger partial charge on any atom is -0.487 e. The topological polar surface area (TPSA) is 67.9 Å². The maximum absolute atomic E-state index is 13.0. The molecule has 0 radical (unpaired) electrons. The minimum atomic E-state index is -4.55. The SMILES string of the molecule is CCOC(=O)C1=C(COc2cccc(C(F)(F)F)c2)N(C)C(=O)N[C@H]1c1ccc(Cl)c(Cl)c1. The molecule has 11 heteroatoms. The number of carbonyl (C=O) groups excluding carboxylic acids is 2. The largest absolute Gasteiger partial charge is 0.487 e. The van der Waals surface area contributed by atoms with E-state index in [1.165, 1.54) is 31.3 Å². The Morgan fingerprint density at radius 3 is 2.52 bits per heavy atom. The van der Waals surface area contributed by atoms with E-state index < -0.39 is 29.8 Å². The second-order valence-electron chi connectivity index (χ2n) is 7.01. The van der Waals surface area contributed by atoms with E-state index >= 15 is 0 Å². The third-order valence-electron chi connectivity index (χ3n) is 4.89. The average Bonchev–Trinajstić information content (AvgIpc) is 2.76. The molecule has 1 heterocycles. The van der Waals surface area contributed by atoms with E-state index in [-0.39, 0.29) is 40.3 Å². The highest BCUT2D eigenvalue weighted by molar-refractivity contribution is 6.42. The summed E-state index contributed by atoms with van der Waals surface area (Å²) in [6.45, 7) is 1.32. The monoisotopic (exact) mass is 502 g/mol. The van der Waals surface area contributed by atoms with Crippen molar-refractivity contribution >= 4 is 35.2 Å². The normalized spacial score (nSPS) is 16.5. The predicted octanol–water partition coefficient (Wildman–Crippen LogP) is 5.60. The second kappa shape index (κ2) is 9.93. The summed E-state index contributed by atoms with van der Waals surface area (Å²) in [7, 11) is 1.41. The summed E-state index contributed by atoms with van der Waals surface area (Å²) in [5.74, 6) is -0.797. The molecule has 0 aromatic heterocycles. The maximum Gasteiger partial charge on any atom is 0.416 e. The van der Waals surface area contributed by atoms with Gasteiger partial charge in [-0.05, 0) is 42.8 Å². The molecule has 6 nitrogen and oxygen atoms in total. The number of hydrogen-bond donors (Lipinski definition) is 1. The van der Waals surface area contributed by atoms with Gasteiger partial charge >= 0.3 is 18.2 Å². The van der Waals surface area contributed by atoms with Crippen LogP contribution in [0.4, 0.5) is 18.0 Å². The molecule has 1 aliphatic rings. The Labute approximate surface area is 197 Å². The smallest absolute Gasteiger partial charge is 0.416 e. The fourth-order valence-electron chi connectivity index (χ4n) is 3.24. The van der Waals surface area contributed by atoms with Crippen molar-refractivity contribution in [3.05, 3.63) is 74.9 Å². The van der Waals surface area contributed by atoms with E-state index in [0.29, 0.717) is 5.56 Å². The lowest BCUT2D eigenvalue weighted by atomic mass is 9.94. The van der Waals surface area contributed by atoms with Crippen molar-refractivity contribution in [3.8, 4) is 5.75 Å². The van der Waals surface area contributed by atoms with E-state index in [1.54, 1.807) is 13.0 Å². The van der Waals surface area contributed by atoms with E-state index in [0.717, 1.165) is 17.0 Å². The van der Waals surface area contributed by atoms with Crippen molar-refractivity contribution in [1.82, 2.24) is 10.2 Å². The molecule has 0 saturated heterocycles. The lowest BCUT2D eigenvalue weighted by Crippen LogP contribution is -2.48. The molecule has 0 spiro atoms. The number of benzene rings is 2. The van der Waals surface area contributed by atoms with Gasteiger partial charge in [-0.15, -0.1) is 0 Å². The molecule has 1 aliphatic heterocycles. The quantitative estimate of drug-likeness (QED) is 0.521. The molecule has 0 unspecified atom stereocenters. The molecule has 1 atom stereocenters. The Bertz CT molecular complexity index is 1110. The van der Waals surface area contributed by atoms with E-state index in [1.807, 2.05) is 0 Å². The molecule has 2 aromatic carbocycles. The number of carbonyl (C=O) groups is 2. The Morgan fingerprint density at radius 1 is 1.15 bits per heavy atom. The summed E-state index contributed by atoms with van der Waals surface area (Å²) in [6.07, 6.45) is -4.55. The standard InChI is InChI=1S/C22H19Cl2F3N2O4/c1-3-32-20(30)18-17(11-33-14-6-4-5-13(10-14)22(25,26)27)29(2)21(31)28-19(18)12-7-8-15(23)16(24)9-12/h4-10,19H,3,11H2,1-2H3,(H,28,31)/t19-/m0/s1. The van der Waals surface area contributed by atoms with Crippen LogP contribution in [0.5, 0.6) is 5.75 Å². The number of likely N-dealkylation sites (N-methyl/N-ethyl adjacent to an activating group) is 1. The Kier molecular flexibility index (Phi) is 7.44. The lowest BCUT2D eigenvalue weighted by Gasteiger charge is -2.34. The van der Waals surface area contributed by atoms with Gasteiger partial charge in [0.05, 0.1) is 39.5 Å². The first-order valence-corrected chi connectivity index (χ1v) is 10.5. The maximum atomic E-state index is 13.0. The number of esters is 1. The number of nitrogens with one attached hydrogen (secondary N) is 1. The number of amides is 2. The van der Waals surface area contributed by atoms with E-state index in [2.05, 4.69) is 5.32 Å². The molecule has 0 fully saturated rings. The van der Waals surface area contributed by atoms with Crippen molar-refractivity contribution in [2.75, 3.05) is 20.3 Å². The van der Waals surface area contributed by atoms with Gasteiger partial charge < -0.3 is 14.8 Å². The highest BCUT2D eigenvalue weighted by Crippen LogP contribution is 2.35. The first-order chi connectivity index (χ1) is 15.5. The lowest BCUT2D eigenvalue weighted by molar-refractivity contribution is -0.139. The van der Waals surface area contributed by atoms with Gasteiger partial charge in [0, 0.05) is 7.05 Å². The summed E-state index contributed by atoms with van der Waals surface area (Å²) in [6, 6.07) is 7.42. The van der Waals surface area contributed by atoms with Crippen molar-refractivity contribution in [1.29, 1.82) is 0 Å². The van der Waals surface area contributed by atoms with Crippen molar-refractivity contribution in [3.63, 3.8) is 0 Å². The number of hydrogen-bond acceptors (Lipinski definition) is 4. The first-order valence-electron chi connectivity index (χ1n) is 9.72. The summed E-state index contributed by atoms with van der Waals surface area (Å²) in [5.41, 5.74) is -0.233. The van der Waals surface area contributed by atoms with E-state index in [4.69, 9.17) is 32.7 Å². The zero-order valence-electron chi connectivity index (χ0n) is 17.5. The summed E-state index contributed by atoms with van der Waals surface area (Å²) < 4.78 is 49.8. The fourth-order valence-corrected chi connectivity index (χ4v) is 3.54. The third-order valence-corrected chi connectivity index (χ3v) is 5.63. The van der Waals surface area contributed by atoms with Crippen LogP contribution >= 0.6 is 23.2 Å². The van der Waals surface area contributed by atoms with Crippen LogP contribution in [-0.2, 0) is 15.7 Å². The van der Waals surface area contributed by atoms with Crippen molar-refractivity contribution < 1.29 is 32.2 Å². The molecule has 0 saturated carbocycles. The van der Waals surface area contributed by atoms with Crippen LogP contribution in [0.1, 0.15) is 24.1 Å². The zero-order chi connectivity index (χ0) is 24.3. The fraction of sp³-hybridized carbons (Fsp3) is 0.273. The average molecular weight is 503 g/mol. The van der Waals surface area contributed by atoms with Crippen LogP contribution in [0, 0.1) is 0 Å². The zero-order valence-corrected chi connectivity index (χ0v) is 19.0. The van der Waals surface area contributed by atoms with Crippen LogP contribution in [0.2, 0.25) is 10.0 Å². The van der Waals surface area contributed by atoms with Gasteiger partial charge in [-0.25, -0.2) is 9.59 Å². The van der Waals surface area contributed by atoms with Gasteiger partial charge in [0.25, 0.3) is 0 Å². The number of halogens is 5. The molecule has 1 N–H and O–H groups in total. The molecular formula is C22H19Cl2F3N2O4. The molecular weight excluding hydrogens is 484 g/mol. The predicted molar refractivity (Wildman–Crippen MR) is 116 cm³/mol. The number of urea groups is 1. The van der Waals surface area contributed by atoms with Crippen LogP contribution in [0.25, 0.3) is 0 Å². The Balaban J connectivity index is 2.03.